The van der Waals surface area contributed by atoms with E-state index in [4.69, 9.17) is 4.84 Å². The summed E-state index contributed by atoms with van der Waals surface area (Å²) in [7, 11) is 0. The van der Waals surface area contributed by atoms with E-state index in [1.807, 2.05) is 0 Å². The van der Waals surface area contributed by atoms with Crippen LogP contribution in [0.1, 0.15) is 51.1 Å². The minimum Gasteiger partial charge on any atom is -0.275 e. The predicted molar refractivity (Wildman–Crippen MR) is 74.9 cm³/mol. The molecule has 1 saturated heterocycles. The van der Waals surface area contributed by atoms with E-state index in [1.54, 1.807) is 0 Å². The van der Waals surface area contributed by atoms with Crippen molar-refractivity contribution in [2.24, 2.45) is 0 Å². The Morgan fingerprint density at radius 1 is 1.22 bits per heavy atom. The molecule has 1 aromatic rings. The number of hydrogen-bond donors (Lipinski definition) is 0. The Kier molecular flexibility index (Phi) is 4.97. The minimum atomic E-state index is 0.312. The van der Waals surface area contributed by atoms with Gasteiger partial charge in [-0.1, -0.05) is 55.8 Å². The fraction of sp³-hybridized carbons (Fsp3) is 0.500. The number of nitrogens with zero attached hydrogens (tertiary/aromatic N) is 1. The van der Waals surface area contributed by atoms with E-state index in [9.17, 15) is 0 Å². The van der Waals surface area contributed by atoms with Crippen LogP contribution in [0.5, 0.6) is 0 Å². The van der Waals surface area contributed by atoms with Crippen LogP contribution < -0.4 is 0 Å². The Morgan fingerprint density at radius 2 is 1.94 bits per heavy atom. The molecule has 0 radical (unpaired) electrons. The predicted octanol–water partition coefficient (Wildman–Crippen LogP) is 4.46. The van der Waals surface area contributed by atoms with E-state index in [2.05, 4.69) is 61.4 Å². The molecule has 0 bridgehead atoms. The lowest BCUT2D eigenvalue weighted by Gasteiger charge is -2.09. The summed E-state index contributed by atoms with van der Waals surface area (Å²) >= 11 is 0. The highest BCUT2D eigenvalue weighted by atomic mass is 16.8. The highest BCUT2D eigenvalue weighted by Gasteiger charge is 2.39. The monoisotopic (exact) mass is 245 g/mol. The fourth-order valence-corrected chi connectivity index (χ4v) is 2.15. The molecule has 0 amide bonds. The van der Waals surface area contributed by atoms with E-state index < -0.39 is 0 Å². The van der Waals surface area contributed by atoms with Crippen molar-refractivity contribution in [2.45, 2.75) is 51.8 Å². The van der Waals surface area contributed by atoms with Crippen LogP contribution in [0.4, 0.5) is 0 Å². The van der Waals surface area contributed by atoms with E-state index in [-0.39, 0.29) is 0 Å². The first-order chi connectivity index (χ1) is 8.83. The lowest BCUT2D eigenvalue weighted by molar-refractivity contribution is 0.155. The molecule has 1 aromatic carbocycles. The average Bonchev–Trinajstić information content (AvgIpc) is 3.18. The van der Waals surface area contributed by atoms with E-state index in [0.29, 0.717) is 12.3 Å². The lowest BCUT2D eigenvalue weighted by atomic mass is 10.1. The van der Waals surface area contributed by atoms with Gasteiger partial charge in [-0.25, -0.2) is 0 Å². The summed E-state index contributed by atoms with van der Waals surface area (Å²) in [4.78, 5) is 5.64. The largest absolute Gasteiger partial charge is 0.275 e. The van der Waals surface area contributed by atoms with Crippen LogP contribution in [0.3, 0.4) is 0 Å². The second kappa shape index (κ2) is 6.72. The number of hydroxylamine groups is 2. The second-order valence-corrected chi connectivity index (χ2v) is 4.84. The molecule has 0 aromatic heterocycles. The van der Waals surface area contributed by atoms with Crippen LogP contribution in [0, 0.1) is 0 Å². The third kappa shape index (κ3) is 3.69. The molecule has 2 rings (SSSR count). The molecule has 0 N–H and O–H groups in total. The number of benzene rings is 1. The van der Waals surface area contributed by atoms with Crippen LogP contribution in [-0.4, -0.2) is 11.3 Å². The average molecular weight is 245 g/mol. The highest BCUT2D eigenvalue weighted by molar-refractivity contribution is 5.18. The van der Waals surface area contributed by atoms with Gasteiger partial charge in [0.1, 0.15) is 0 Å². The quantitative estimate of drug-likeness (QED) is 0.520. The number of unbranched alkanes of at least 4 members (excludes halogenated alkanes) is 1. The Morgan fingerprint density at radius 3 is 2.67 bits per heavy atom. The summed E-state index contributed by atoms with van der Waals surface area (Å²) in [6.45, 7) is 4.40. The normalized spacial score (nSPS) is 24.3. The van der Waals surface area contributed by atoms with Gasteiger partial charge in [0.05, 0.1) is 6.04 Å². The number of hydrogen-bond acceptors (Lipinski definition) is 2. The number of rotatable bonds is 7. The van der Waals surface area contributed by atoms with Crippen molar-refractivity contribution in [1.29, 1.82) is 0 Å². The molecule has 18 heavy (non-hydrogen) atoms. The van der Waals surface area contributed by atoms with E-state index >= 15 is 0 Å². The van der Waals surface area contributed by atoms with Gasteiger partial charge in [0.25, 0.3) is 0 Å². The molecule has 0 aliphatic carbocycles. The van der Waals surface area contributed by atoms with Crippen molar-refractivity contribution in [3.63, 3.8) is 0 Å². The molecule has 0 saturated carbocycles. The Balaban J connectivity index is 1.71. The molecule has 2 heteroatoms. The first-order valence-corrected chi connectivity index (χ1v) is 6.98. The first kappa shape index (κ1) is 13.3. The van der Waals surface area contributed by atoms with Crippen LogP contribution >= 0.6 is 0 Å². The van der Waals surface area contributed by atoms with Gasteiger partial charge in [-0.15, -0.1) is 5.06 Å². The van der Waals surface area contributed by atoms with Gasteiger partial charge >= 0.3 is 0 Å². The molecule has 0 spiro atoms. The molecule has 98 valence electrons. The Hall–Kier alpha value is -1.12. The van der Waals surface area contributed by atoms with Gasteiger partial charge in [-0.3, -0.25) is 4.84 Å². The minimum absolute atomic E-state index is 0.312. The summed E-state index contributed by atoms with van der Waals surface area (Å²) in [6, 6.07) is 10.9. The van der Waals surface area contributed by atoms with Crippen LogP contribution in [-0.2, 0) is 4.84 Å². The van der Waals surface area contributed by atoms with E-state index in [0.717, 1.165) is 12.8 Å². The molecular formula is C16H23NO. The van der Waals surface area contributed by atoms with Gasteiger partial charge in [0.2, 0.25) is 0 Å². The molecule has 2 nitrogen and oxygen atoms in total. The summed E-state index contributed by atoms with van der Waals surface area (Å²) in [6.07, 6.45) is 9.49. The van der Waals surface area contributed by atoms with Gasteiger partial charge in [0.15, 0.2) is 6.23 Å². The molecule has 1 unspecified atom stereocenters. The topological polar surface area (TPSA) is 15.5 Å². The second-order valence-electron chi connectivity index (χ2n) is 4.84. The van der Waals surface area contributed by atoms with Crippen molar-refractivity contribution >= 4 is 0 Å². The maximum atomic E-state index is 5.64. The van der Waals surface area contributed by atoms with Crippen molar-refractivity contribution < 1.29 is 4.84 Å². The smallest absolute Gasteiger partial charge is 0.155 e. The molecule has 1 aliphatic heterocycles. The van der Waals surface area contributed by atoms with Crippen molar-refractivity contribution in [3.8, 4) is 0 Å². The van der Waals surface area contributed by atoms with Crippen molar-refractivity contribution in [1.82, 2.24) is 5.06 Å². The summed E-state index contributed by atoms with van der Waals surface area (Å²) in [5, 5.41) is 2.10. The first-order valence-electron chi connectivity index (χ1n) is 6.98. The zero-order valence-electron chi connectivity index (χ0n) is 11.4. The van der Waals surface area contributed by atoms with Crippen LogP contribution in [0.15, 0.2) is 42.5 Å². The van der Waals surface area contributed by atoms with Gasteiger partial charge in [0, 0.05) is 0 Å². The highest BCUT2D eigenvalue weighted by Crippen LogP contribution is 2.35. The molecule has 1 fully saturated rings. The third-order valence-corrected chi connectivity index (χ3v) is 3.35. The SMILES string of the molecule is CCC/C=C/CC[C@@H]1ON1[C@@H](C)c1ccccc1. The van der Waals surface area contributed by atoms with Crippen LogP contribution in [0.25, 0.3) is 0 Å². The van der Waals surface area contributed by atoms with Crippen molar-refractivity contribution in [2.75, 3.05) is 0 Å². The molecule has 1 heterocycles. The maximum absolute atomic E-state index is 5.64. The molecular weight excluding hydrogens is 222 g/mol. The maximum Gasteiger partial charge on any atom is 0.155 e. The standard InChI is InChI=1S/C16H23NO/c1-3-4-5-6-10-13-16-17(18-16)14(2)15-11-8-7-9-12-15/h5-9,11-12,14,16H,3-4,10,13H2,1-2H3/b6-5+/t14-,16-,17?/m0/s1. The third-order valence-electron chi connectivity index (χ3n) is 3.35. The van der Waals surface area contributed by atoms with Crippen LogP contribution in [0.2, 0.25) is 0 Å². The van der Waals surface area contributed by atoms with Gasteiger partial charge < -0.3 is 0 Å². The van der Waals surface area contributed by atoms with Gasteiger partial charge in [-0.2, -0.15) is 0 Å². The van der Waals surface area contributed by atoms with E-state index in [1.165, 1.54) is 18.4 Å². The molecule has 3 atom stereocenters. The summed E-state index contributed by atoms with van der Waals surface area (Å²) < 4.78 is 0. The fourth-order valence-electron chi connectivity index (χ4n) is 2.15. The van der Waals surface area contributed by atoms with Gasteiger partial charge in [-0.05, 0) is 31.7 Å². The Labute approximate surface area is 110 Å². The summed E-state index contributed by atoms with van der Waals surface area (Å²) in [5.74, 6) is 0. The molecule has 1 aliphatic rings. The Bertz CT molecular complexity index is 374. The van der Waals surface area contributed by atoms with Crippen molar-refractivity contribution in [3.05, 3.63) is 48.0 Å². The number of allylic oxidation sites excluding steroid dienone is 2. The summed E-state index contributed by atoms with van der Waals surface area (Å²) in [5.41, 5.74) is 1.32. The zero-order chi connectivity index (χ0) is 12.8. The zero-order valence-corrected chi connectivity index (χ0v) is 11.4. The lowest BCUT2D eigenvalue weighted by Crippen LogP contribution is -2.08.